The molecule has 0 rings (SSSR count). The Hall–Kier alpha value is -1.22. The van der Waals surface area contributed by atoms with Crippen LogP contribution in [-0.2, 0) is 0 Å². The molecule has 0 spiro atoms. The first-order chi connectivity index (χ1) is 16.5. The maximum atomic E-state index is 4.21. The standard InChI is InChI=1S/C31H61N3/c1-7-8-9-10-11-12-13-14-15-16-17-18-19-23-29(4)34-27-22-24-30(5)33-26-21-20-25-31(32-6)28(2)3/h31-34H,2,4-5,7-27H2,1,3,6H3. The van der Waals surface area contributed by atoms with Crippen molar-refractivity contribution in [1.82, 2.24) is 16.0 Å². The third-order valence-corrected chi connectivity index (χ3v) is 6.85. The van der Waals surface area contributed by atoms with Gasteiger partial charge in [0.05, 0.1) is 0 Å². The third kappa shape index (κ3) is 22.6. The number of likely N-dealkylation sites (N-methyl/N-ethyl adjacent to an activating group) is 1. The summed E-state index contributed by atoms with van der Waals surface area (Å²) in [5.41, 5.74) is 3.59. The highest BCUT2D eigenvalue weighted by Gasteiger charge is 2.05. The summed E-state index contributed by atoms with van der Waals surface area (Å²) in [5, 5.41) is 10.3. The summed E-state index contributed by atoms with van der Waals surface area (Å²) in [6.07, 6.45) is 25.1. The van der Waals surface area contributed by atoms with Gasteiger partial charge in [0, 0.05) is 30.5 Å². The molecule has 0 aliphatic heterocycles. The van der Waals surface area contributed by atoms with Crippen molar-refractivity contribution in [1.29, 1.82) is 0 Å². The lowest BCUT2D eigenvalue weighted by atomic mass is 10.0. The minimum atomic E-state index is 0.446. The molecule has 34 heavy (non-hydrogen) atoms. The smallest absolute Gasteiger partial charge is 0.0271 e. The Kier molecular flexibility index (Phi) is 24.0. The molecule has 0 radical (unpaired) electrons. The topological polar surface area (TPSA) is 36.1 Å². The van der Waals surface area contributed by atoms with Crippen LogP contribution >= 0.6 is 0 Å². The minimum absolute atomic E-state index is 0.446. The van der Waals surface area contributed by atoms with Gasteiger partial charge in [-0.25, -0.2) is 0 Å². The predicted octanol–water partition coefficient (Wildman–Crippen LogP) is 8.79. The Morgan fingerprint density at radius 3 is 1.50 bits per heavy atom. The van der Waals surface area contributed by atoms with Crippen LogP contribution in [-0.4, -0.2) is 26.2 Å². The molecule has 3 heteroatoms. The van der Waals surface area contributed by atoms with Crippen LogP contribution in [0.4, 0.5) is 0 Å². The second-order valence-electron chi connectivity index (χ2n) is 10.3. The number of hydrogen-bond donors (Lipinski definition) is 3. The van der Waals surface area contributed by atoms with Crippen LogP contribution in [0.2, 0.25) is 0 Å². The van der Waals surface area contributed by atoms with Gasteiger partial charge in [0.15, 0.2) is 0 Å². The second kappa shape index (κ2) is 24.9. The van der Waals surface area contributed by atoms with Crippen molar-refractivity contribution in [2.45, 2.75) is 142 Å². The fourth-order valence-electron chi connectivity index (χ4n) is 4.48. The quantitative estimate of drug-likeness (QED) is 0.0820. The first-order valence-electron chi connectivity index (χ1n) is 14.7. The lowest BCUT2D eigenvalue weighted by Crippen LogP contribution is -2.26. The Morgan fingerprint density at radius 1 is 0.588 bits per heavy atom. The first-order valence-corrected chi connectivity index (χ1v) is 14.7. The molecule has 0 aliphatic rings. The van der Waals surface area contributed by atoms with E-state index in [0.717, 1.165) is 44.5 Å². The molecule has 3 N–H and O–H groups in total. The number of unbranched alkanes of at least 4 members (excludes halogenated alkanes) is 13. The average Bonchev–Trinajstić information content (AvgIpc) is 2.81. The van der Waals surface area contributed by atoms with Gasteiger partial charge in [0.2, 0.25) is 0 Å². The van der Waals surface area contributed by atoms with Crippen LogP contribution in [0.3, 0.4) is 0 Å². The minimum Gasteiger partial charge on any atom is -0.389 e. The Balaban J connectivity index is 3.38. The SMILES string of the molecule is C=C(CCCCCCCCCCCCCCC)NCCCC(=C)NCCCCC(NC)C(=C)C. The van der Waals surface area contributed by atoms with Crippen LogP contribution in [0.1, 0.15) is 136 Å². The van der Waals surface area contributed by atoms with Gasteiger partial charge in [-0.2, -0.15) is 0 Å². The molecule has 0 aromatic heterocycles. The highest BCUT2D eigenvalue weighted by atomic mass is 14.9. The monoisotopic (exact) mass is 475 g/mol. The van der Waals surface area contributed by atoms with Gasteiger partial charge >= 0.3 is 0 Å². The lowest BCUT2D eigenvalue weighted by Gasteiger charge is -2.16. The molecule has 0 aliphatic carbocycles. The molecular weight excluding hydrogens is 414 g/mol. The van der Waals surface area contributed by atoms with E-state index >= 15 is 0 Å². The van der Waals surface area contributed by atoms with Crippen molar-refractivity contribution >= 4 is 0 Å². The predicted molar refractivity (Wildman–Crippen MR) is 155 cm³/mol. The molecule has 0 bridgehead atoms. The van der Waals surface area contributed by atoms with Crippen molar-refractivity contribution in [3.63, 3.8) is 0 Å². The van der Waals surface area contributed by atoms with Gasteiger partial charge in [-0.05, 0) is 58.9 Å². The zero-order valence-electron chi connectivity index (χ0n) is 23.5. The second-order valence-corrected chi connectivity index (χ2v) is 10.3. The van der Waals surface area contributed by atoms with Gasteiger partial charge in [-0.15, -0.1) is 0 Å². The third-order valence-electron chi connectivity index (χ3n) is 6.85. The lowest BCUT2D eigenvalue weighted by molar-refractivity contribution is 0.535. The van der Waals surface area contributed by atoms with Crippen molar-refractivity contribution < 1.29 is 0 Å². The summed E-state index contributed by atoms with van der Waals surface area (Å²) in [7, 11) is 2.02. The van der Waals surface area contributed by atoms with E-state index < -0.39 is 0 Å². The van der Waals surface area contributed by atoms with E-state index in [4.69, 9.17) is 0 Å². The van der Waals surface area contributed by atoms with Crippen LogP contribution in [0, 0.1) is 0 Å². The molecule has 1 unspecified atom stereocenters. The highest BCUT2D eigenvalue weighted by molar-refractivity contribution is 5.00. The van der Waals surface area contributed by atoms with E-state index in [0.29, 0.717) is 6.04 Å². The van der Waals surface area contributed by atoms with Crippen molar-refractivity contribution in [3.05, 3.63) is 36.7 Å². The Bertz CT molecular complexity index is 497. The zero-order chi connectivity index (χ0) is 25.3. The molecular formula is C31H61N3. The fourth-order valence-corrected chi connectivity index (χ4v) is 4.48. The summed E-state index contributed by atoms with van der Waals surface area (Å²) >= 11 is 0. The van der Waals surface area contributed by atoms with Crippen molar-refractivity contribution in [2.75, 3.05) is 20.1 Å². The van der Waals surface area contributed by atoms with Crippen LogP contribution in [0.25, 0.3) is 0 Å². The number of allylic oxidation sites excluding steroid dienone is 2. The molecule has 0 heterocycles. The normalized spacial score (nSPS) is 11.9. The van der Waals surface area contributed by atoms with Gasteiger partial charge in [-0.3, -0.25) is 0 Å². The summed E-state index contributed by atoms with van der Waals surface area (Å²) in [4.78, 5) is 0. The summed E-state index contributed by atoms with van der Waals surface area (Å²) in [5.74, 6) is 0. The number of nitrogens with one attached hydrogen (secondary N) is 3. The van der Waals surface area contributed by atoms with Crippen LogP contribution < -0.4 is 16.0 Å². The molecule has 3 nitrogen and oxygen atoms in total. The summed E-state index contributed by atoms with van der Waals surface area (Å²) < 4.78 is 0. The van der Waals surface area contributed by atoms with Crippen molar-refractivity contribution in [2.24, 2.45) is 0 Å². The van der Waals surface area contributed by atoms with E-state index in [2.05, 4.69) is 49.5 Å². The fraction of sp³-hybridized carbons (Fsp3) is 0.806. The van der Waals surface area contributed by atoms with Crippen molar-refractivity contribution in [3.8, 4) is 0 Å². The number of hydrogen-bond acceptors (Lipinski definition) is 3. The summed E-state index contributed by atoms with van der Waals surface area (Å²) in [6, 6.07) is 0.446. The van der Waals surface area contributed by atoms with Gasteiger partial charge in [-0.1, -0.05) is 109 Å². The van der Waals surface area contributed by atoms with Crippen LogP contribution in [0.5, 0.6) is 0 Å². The van der Waals surface area contributed by atoms with E-state index in [1.165, 1.54) is 108 Å². The molecule has 0 fully saturated rings. The molecule has 0 saturated carbocycles. The maximum absolute atomic E-state index is 4.21. The first kappa shape index (κ1) is 32.8. The molecule has 0 amide bonds. The Morgan fingerprint density at radius 2 is 1.03 bits per heavy atom. The zero-order valence-corrected chi connectivity index (χ0v) is 23.5. The van der Waals surface area contributed by atoms with E-state index in [1.807, 2.05) is 7.05 Å². The maximum Gasteiger partial charge on any atom is 0.0271 e. The molecule has 1 atom stereocenters. The summed E-state index contributed by atoms with van der Waals surface area (Å²) in [6.45, 7) is 18.8. The molecule has 0 aromatic rings. The number of rotatable bonds is 27. The van der Waals surface area contributed by atoms with E-state index in [1.54, 1.807) is 0 Å². The van der Waals surface area contributed by atoms with Crippen LogP contribution in [0.15, 0.2) is 36.7 Å². The van der Waals surface area contributed by atoms with E-state index in [9.17, 15) is 0 Å². The van der Waals surface area contributed by atoms with Gasteiger partial charge in [0.25, 0.3) is 0 Å². The largest absolute Gasteiger partial charge is 0.389 e. The van der Waals surface area contributed by atoms with Gasteiger partial charge < -0.3 is 16.0 Å². The van der Waals surface area contributed by atoms with E-state index in [-0.39, 0.29) is 0 Å². The highest BCUT2D eigenvalue weighted by Crippen LogP contribution is 2.14. The molecule has 0 aromatic carbocycles. The molecule has 200 valence electrons. The Labute approximate surface area is 214 Å². The average molecular weight is 476 g/mol. The van der Waals surface area contributed by atoms with Gasteiger partial charge in [0.1, 0.15) is 0 Å². The molecule has 0 saturated heterocycles.